The van der Waals surface area contributed by atoms with Crippen LogP contribution in [0, 0.1) is 0 Å². The van der Waals surface area contributed by atoms with Crippen LogP contribution < -0.4 is 11.1 Å². The van der Waals surface area contributed by atoms with E-state index in [1.54, 1.807) is 0 Å². The molecule has 0 aliphatic carbocycles. The van der Waals surface area contributed by atoms with E-state index in [0.717, 1.165) is 22.3 Å². The molecule has 0 bridgehead atoms. The van der Waals surface area contributed by atoms with Crippen LogP contribution in [0.3, 0.4) is 0 Å². The van der Waals surface area contributed by atoms with E-state index < -0.39 is 24.0 Å². The molecule has 0 aromatic heterocycles. The fourth-order valence-corrected chi connectivity index (χ4v) is 5.64. The van der Waals surface area contributed by atoms with E-state index in [4.69, 9.17) is 10.5 Å². The number of carbonyl (C=O) groups excluding carboxylic acids is 3. The Morgan fingerprint density at radius 3 is 1.70 bits per heavy atom. The number of amides is 3. The molecule has 222 valence electrons. The zero-order chi connectivity index (χ0) is 30.7. The summed E-state index contributed by atoms with van der Waals surface area (Å²) in [6, 6.07) is 37.2. The molecule has 7 heteroatoms. The van der Waals surface area contributed by atoms with E-state index in [1.807, 2.05) is 135 Å². The minimum Gasteiger partial charge on any atom is -0.445 e. The van der Waals surface area contributed by atoms with Gasteiger partial charge >= 0.3 is 12.0 Å². The number of likely N-dealkylation sites (N-methyl/N-ethyl adjacent to an activating group) is 1. The molecule has 0 aliphatic rings. The molecule has 4 aromatic rings. The summed E-state index contributed by atoms with van der Waals surface area (Å²) in [6.07, 6.45) is 0.181. The number of nitrogens with one attached hydrogen (secondary N) is 1. The van der Waals surface area contributed by atoms with Crippen LogP contribution in [0.15, 0.2) is 121 Å². The van der Waals surface area contributed by atoms with Crippen LogP contribution >= 0.6 is 0 Å². The van der Waals surface area contributed by atoms with Gasteiger partial charge in [0.2, 0.25) is 0 Å². The first kappa shape index (κ1) is 31.2. The van der Waals surface area contributed by atoms with E-state index in [1.165, 1.54) is 0 Å². The number of alkyl carbamates (subject to hydrolysis) is 1. The number of nitrogens with two attached hydrogens (primary N) is 1. The minimum atomic E-state index is -0.847. The molecular formula is C36H40N3O4+. The second kappa shape index (κ2) is 14.9. The SMILES string of the molecule is CC(c1ccccc1)[N@@+](C)(C(=O)C(c1ccccc1)c1ccccc1)[C@@H](CCCNC(=O)OCc1ccccc1)C(N)=O. The van der Waals surface area contributed by atoms with Crippen molar-refractivity contribution in [1.82, 2.24) is 5.32 Å². The van der Waals surface area contributed by atoms with Crippen LogP contribution in [0.5, 0.6) is 0 Å². The second-order valence-electron chi connectivity index (χ2n) is 10.9. The predicted octanol–water partition coefficient (Wildman–Crippen LogP) is 6.11. The first-order valence-corrected chi connectivity index (χ1v) is 14.6. The first-order chi connectivity index (χ1) is 20.8. The molecule has 0 heterocycles. The van der Waals surface area contributed by atoms with Crippen molar-refractivity contribution in [3.05, 3.63) is 144 Å². The monoisotopic (exact) mass is 578 g/mol. The summed E-state index contributed by atoms with van der Waals surface area (Å²) in [4.78, 5) is 40.5. The Labute approximate surface area is 253 Å². The van der Waals surface area contributed by atoms with Gasteiger partial charge in [-0.05, 0) is 30.0 Å². The minimum absolute atomic E-state index is 0.132. The van der Waals surface area contributed by atoms with Gasteiger partial charge in [-0.15, -0.1) is 0 Å². The van der Waals surface area contributed by atoms with Crippen molar-refractivity contribution in [3.63, 3.8) is 0 Å². The highest BCUT2D eigenvalue weighted by atomic mass is 16.5. The molecule has 0 saturated carbocycles. The Balaban J connectivity index is 1.60. The Hall–Kier alpha value is -4.75. The average molecular weight is 579 g/mol. The van der Waals surface area contributed by atoms with Crippen LogP contribution in [0.25, 0.3) is 0 Å². The van der Waals surface area contributed by atoms with Gasteiger partial charge in [0.1, 0.15) is 18.6 Å². The second-order valence-corrected chi connectivity index (χ2v) is 10.9. The standard InChI is InChI=1S/C36H39N3O4/c1-27(29-18-9-4-10-19-29)39(2,35(41)33(30-20-11-5-12-21-30)31-22-13-6-14-23-31)32(34(37)40)24-15-25-38-36(42)43-26-28-16-7-3-8-17-28/h3-14,16-23,27,32-33H,15,24-26H2,1-2H3,(H2-,37,38,40,42)/p+1/t27?,32-,39+/m0/s1. The quantitative estimate of drug-likeness (QED) is 0.148. The number of quaternary nitrogens is 1. The van der Waals surface area contributed by atoms with Gasteiger partial charge in [0, 0.05) is 18.5 Å². The molecule has 4 rings (SSSR count). The molecule has 3 atom stereocenters. The maximum absolute atomic E-state index is 15.0. The van der Waals surface area contributed by atoms with Gasteiger partial charge in [0.25, 0.3) is 5.91 Å². The average Bonchev–Trinajstić information content (AvgIpc) is 3.05. The zero-order valence-corrected chi connectivity index (χ0v) is 24.8. The highest BCUT2D eigenvalue weighted by molar-refractivity contribution is 5.86. The number of benzene rings is 4. The van der Waals surface area contributed by atoms with Crippen LogP contribution in [-0.2, 0) is 20.9 Å². The summed E-state index contributed by atoms with van der Waals surface area (Å²) >= 11 is 0. The van der Waals surface area contributed by atoms with Crippen molar-refractivity contribution in [2.75, 3.05) is 13.6 Å². The van der Waals surface area contributed by atoms with Crippen LogP contribution in [0.2, 0.25) is 0 Å². The largest absolute Gasteiger partial charge is 0.445 e. The number of carbonyl (C=O) groups is 3. The first-order valence-electron chi connectivity index (χ1n) is 14.6. The van der Waals surface area contributed by atoms with Crippen LogP contribution in [-0.4, -0.2) is 42.0 Å². The number of hydrogen-bond acceptors (Lipinski definition) is 4. The van der Waals surface area contributed by atoms with E-state index in [9.17, 15) is 14.4 Å². The summed E-state index contributed by atoms with van der Waals surface area (Å²) in [6.45, 7) is 2.40. The Morgan fingerprint density at radius 1 is 0.744 bits per heavy atom. The predicted molar refractivity (Wildman–Crippen MR) is 168 cm³/mol. The molecule has 43 heavy (non-hydrogen) atoms. The lowest BCUT2D eigenvalue weighted by molar-refractivity contribution is -0.881. The number of rotatable bonds is 13. The molecule has 0 aliphatic heterocycles. The summed E-state index contributed by atoms with van der Waals surface area (Å²) in [5.74, 6) is -1.32. The highest BCUT2D eigenvalue weighted by Gasteiger charge is 2.51. The molecule has 3 N–H and O–H groups in total. The lowest BCUT2D eigenvalue weighted by Gasteiger charge is -2.44. The molecule has 0 spiro atoms. The molecular weight excluding hydrogens is 538 g/mol. The maximum atomic E-state index is 15.0. The third-order valence-electron chi connectivity index (χ3n) is 8.19. The molecule has 0 fully saturated rings. The summed E-state index contributed by atoms with van der Waals surface area (Å²) in [7, 11) is 1.82. The number of hydrogen-bond donors (Lipinski definition) is 2. The fourth-order valence-electron chi connectivity index (χ4n) is 5.64. The van der Waals surface area contributed by atoms with Gasteiger partial charge in [-0.2, -0.15) is 0 Å². The van der Waals surface area contributed by atoms with E-state index in [0.29, 0.717) is 12.8 Å². The van der Waals surface area contributed by atoms with Crippen molar-refractivity contribution in [3.8, 4) is 0 Å². The van der Waals surface area contributed by atoms with E-state index in [-0.39, 0.29) is 29.6 Å². The summed E-state index contributed by atoms with van der Waals surface area (Å²) < 4.78 is 5.08. The molecule has 0 saturated heterocycles. The highest BCUT2D eigenvalue weighted by Crippen LogP contribution is 2.38. The van der Waals surface area contributed by atoms with Crippen LogP contribution in [0.1, 0.15) is 54.0 Å². The van der Waals surface area contributed by atoms with E-state index in [2.05, 4.69) is 5.32 Å². The van der Waals surface area contributed by atoms with Gasteiger partial charge in [0.15, 0.2) is 6.04 Å². The lowest BCUT2D eigenvalue weighted by atomic mass is 9.86. The molecule has 0 radical (unpaired) electrons. The van der Waals surface area contributed by atoms with Gasteiger partial charge in [-0.1, -0.05) is 121 Å². The summed E-state index contributed by atoms with van der Waals surface area (Å²) in [5.41, 5.74) is 9.58. The number of primary amides is 1. The Morgan fingerprint density at radius 2 is 1.21 bits per heavy atom. The molecule has 7 nitrogen and oxygen atoms in total. The summed E-state index contributed by atoms with van der Waals surface area (Å²) in [5, 5.41) is 2.76. The molecule has 1 unspecified atom stereocenters. The van der Waals surface area contributed by atoms with E-state index >= 15 is 0 Å². The smallest absolute Gasteiger partial charge is 0.407 e. The van der Waals surface area contributed by atoms with Gasteiger partial charge in [0.05, 0.1) is 7.05 Å². The van der Waals surface area contributed by atoms with Gasteiger partial charge in [-0.25, -0.2) is 14.1 Å². The molecule has 4 aromatic carbocycles. The normalized spacial score (nSPS) is 13.8. The maximum Gasteiger partial charge on any atom is 0.407 e. The van der Waals surface area contributed by atoms with Crippen molar-refractivity contribution in [2.24, 2.45) is 5.73 Å². The lowest BCUT2D eigenvalue weighted by Crippen LogP contribution is -2.63. The van der Waals surface area contributed by atoms with Gasteiger partial charge in [-0.3, -0.25) is 4.79 Å². The van der Waals surface area contributed by atoms with Gasteiger partial charge < -0.3 is 15.8 Å². The molecule has 3 amide bonds. The van der Waals surface area contributed by atoms with Crippen molar-refractivity contribution in [2.45, 2.75) is 44.4 Å². The van der Waals surface area contributed by atoms with Crippen molar-refractivity contribution < 1.29 is 23.6 Å². The van der Waals surface area contributed by atoms with Crippen molar-refractivity contribution in [1.29, 1.82) is 0 Å². The Bertz CT molecular complexity index is 1430. The number of ether oxygens (including phenoxy) is 1. The zero-order valence-electron chi connectivity index (χ0n) is 24.8. The third kappa shape index (κ3) is 7.76. The topological polar surface area (TPSA) is 98.5 Å². The van der Waals surface area contributed by atoms with Crippen LogP contribution in [0.4, 0.5) is 4.79 Å². The van der Waals surface area contributed by atoms with Crippen molar-refractivity contribution >= 4 is 17.9 Å². The third-order valence-corrected chi connectivity index (χ3v) is 8.19. The fraction of sp³-hybridized carbons (Fsp3) is 0.250. The number of nitrogens with zero attached hydrogens (tertiary/aromatic N) is 1. The Kier molecular flexibility index (Phi) is 10.8.